The fraction of sp³-hybridized carbons (Fsp3) is 0.368. The van der Waals surface area contributed by atoms with Crippen LogP contribution in [0.2, 0.25) is 0 Å². The number of nitro groups is 2. The van der Waals surface area contributed by atoms with Gasteiger partial charge < -0.3 is 30.1 Å². The largest absolute Gasteiger partial charge is 0.394 e. The summed E-state index contributed by atoms with van der Waals surface area (Å²) in [6.45, 7) is -0.527. The molecule has 12 heteroatoms. The van der Waals surface area contributed by atoms with E-state index in [1.807, 2.05) is 6.07 Å². The lowest BCUT2D eigenvalue weighted by Gasteiger charge is -2.42. The molecule has 0 spiro atoms. The second-order valence-corrected chi connectivity index (χ2v) is 6.89. The van der Waals surface area contributed by atoms with Crippen LogP contribution in [-0.4, -0.2) is 62.4 Å². The van der Waals surface area contributed by atoms with Crippen molar-refractivity contribution in [3.8, 4) is 0 Å². The van der Waals surface area contributed by atoms with Crippen molar-refractivity contribution >= 4 is 17.1 Å². The normalized spacial score (nSPS) is 25.7. The summed E-state index contributed by atoms with van der Waals surface area (Å²) in [5, 5.41) is 55.3. The number of nitrogens with zero attached hydrogens (tertiary/aromatic N) is 2. The highest BCUT2D eigenvalue weighted by molar-refractivity contribution is 5.65. The Hall–Kier alpha value is -3.16. The van der Waals surface area contributed by atoms with E-state index in [2.05, 4.69) is 5.32 Å². The molecule has 3 rings (SSSR count). The van der Waals surface area contributed by atoms with Gasteiger partial charge >= 0.3 is 0 Å². The molecule has 5 atom stereocenters. The number of hydrogen-bond donors (Lipinski definition) is 4. The number of rotatable bonds is 8. The zero-order valence-corrected chi connectivity index (χ0v) is 16.1. The Morgan fingerprint density at radius 1 is 1.03 bits per heavy atom. The first kappa shape index (κ1) is 22.5. The van der Waals surface area contributed by atoms with Crippen LogP contribution in [0, 0.1) is 20.2 Å². The highest BCUT2D eigenvalue weighted by atomic mass is 16.7. The maximum Gasteiger partial charge on any atom is 0.299 e. The van der Waals surface area contributed by atoms with Gasteiger partial charge in [-0.3, -0.25) is 20.2 Å². The van der Waals surface area contributed by atoms with Crippen LogP contribution in [-0.2, 0) is 16.1 Å². The van der Waals surface area contributed by atoms with E-state index in [-0.39, 0.29) is 12.3 Å². The van der Waals surface area contributed by atoms with Crippen LogP contribution >= 0.6 is 0 Å². The van der Waals surface area contributed by atoms with Crippen molar-refractivity contribution in [1.82, 2.24) is 0 Å². The van der Waals surface area contributed by atoms with Gasteiger partial charge in [0, 0.05) is 6.07 Å². The zero-order valence-electron chi connectivity index (χ0n) is 16.1. The maximum absolute atomic E-state index is 11.4. The number of ether oxygens (including phenoxy) is 2. The third-order valence-corrected chi connectivity index (χ3v) is 4.85. The fourth-order valence-electron chi connectivity index (χ4n) is 3.22. The van der Waals surface area contributed by atoms with Crippen LogP contribution in [0.1, 0.15) is 5.56 Å². The third-order valence-electron chi connectivity index (χ3n) is 4.85. The van der Waals surface area contributed by atoms with Crippen LogP contribution < -0.4 is 5.32 Å². The molecule has 1 aliphatic heterocycles. The van der Waals surface area contributed by atoms with Crippen molar-refractivity contribution in [2.45, 2.75) is 37.3 Å². The number of aliphatic hydroxyl groups excluding tert-OH is 3. The maximum atomic E-state index is 11.4. The SMILES string of the molecule is O=[N+]([O-])c1ccc(N[C@@H]2[C@@H](OCc3ccccc3)O[C@@H](CO)[C@@H](O)[C@H]2O)c([N+](=O)[O-])c1. The van der Waals surface area contributed by atoms with E-state index in [0.717, 1.165) is 23.8 Å². The van der Waals surface area contributed by atoms with E-state index >= 15 is 0 Å². The third kappa shape index (κ3) is 5.13. The lowest BCUT2D eigenvalue weighted by molar-refractivity contribution is -0.393. The minimum atomic E-state index is -1.53. The number of aliphatic hydroxyl groups is 3. The average Bonchev–Trinajstić information content (AvgIpc) is 2.77. The quantitative estimate of drug-likeness (QED) is 0.344. The zero-order chi connectivity index (χ0) is 22.5. The molecule has 0 aromatic heterocycles. The van der Waals surface area contributed by atoms with Gasteiger partial charge in [0.05, 0.1) is 29.1 Å². The Labute approximate surface area is 176 Å². The van der Waals surface area contributed by atoms with Crippen LogP contribution in [0.4, 0.5) is 17.1 Å². The van der Waals surface area contributed by atoms with Crippen molar-refractivity contribution in [1.29, 1.82) is 0 Å². The first-order valence-corrected chi connectivity index (χ1v) is 9.29. The van der Waals surface area contributed by atoms with E-state index in [4.69, 9.17) is 9.47 Å². The molecule has 166 valence electrons. The molecular weight excluding hydrogens is 414 g/mol. The topological polar surface area (TPSA) is 177 Å². The number of nitro benzene ring substituents is 2. The standard InChI is InChI=1S/C19H21N3O9/c23-9-15-17(24)18(25)16(19(31-15)30-10-11-4-2-1-3-5-11)20-13-7-6-12(21(26)27)8-14(13)22(28)29/h1-8,15-20,23-25H,9-10H2/t15-,16-,17+,18-,19-/m0/s1. The van der Waals surface area contributed by atoms with E-state index in [0.29, 0.717) is 0 Å². The molecule has 0 aliphatic carbocycles. The molecule has 0 bridgehead atoms. The van der Waals surface area contributed by atoms with Gasteiger partial charge in [-0.1, -0.05) is 30.3 Å². The van der Waals surface area contributed by atoms with Gasteiger partial charge in [0.25, 0.3) is 11.4 Å². The first-order valence-electron chi connectivity index (χ1n) is 9.29. The van der Waals surface area contributed by atoms with E-state index in [1.165, 1.54) is 0 Å². The Morgan fingerprint density at radius 2 is 1.74 bits per heavy atom. The Kier molecular flexibility index (Phi) is 7.09. The van der Waals surface area contributed by atoms with Crippen molar-refractivity contribution in [3.63, 3.8) is 0 Å². The second kappa shape index (κ2) is 9.76. The molecule has 0 amide bonds. The summed E-state index contributed by atoms with van der Waals surface area (Å²) in [4.78, 5) is 20.8. The lowest BCUT2D eigenvalue weighted by atomic mass is 9.96. The summed E-state index contributed by atoms with van der Waals surface area (Å²) >= 11 is 0. The first-order chi connectivity index (χ1) is 14.8. The van der Waals surface area contributed by atoms with Crippen molar-refractivity contribution in [2.24, 2.45) is 0 Å². The lowest BCUT2D eigenvalue weighted by Crippen LogP contribution is -2.61. The van der Waals surface area contributed by atoms with Gasteiger partial charge in [-0.15, -0.1) is 0 Å². The molecule has 12 nitrogen and oxygen atoms in total. The molecule has 1 aliphatic rings. The minimum Gasteiger partial charge on any atom is -0.394 e. The van der Waals surface area contributed by atoms with Crippen molar-refractivity contribution in [2.75, 3.05) is 11.9 Å². The number of benzene rings is 2. The van der Waals surface area contributed by atoms with Gasteiger partial charge in [0.2, 0.25) is 0 Å². The molecule has 1 heterocycles. The van der Waals surface area contributed by atoms with Crippen molar-refractivity contribution in [3.05, 3.63) is 74.3 Å². The minimum absolute atomic E-state index is 0.0625. The smallest absolute Gasteiger partial charge is 0.299 e. The van der Waals surface area contributed by atoms with Gasteiger partial charge in [0.1, 0.15) is 30.0 Å². The summed E-state index contributed by atoms with van der Waals surface area (Å²) in [6.07, 6.45) is -5.37. The number of non-ortho nitro benzene ring substituents is 1. The highest BCUT2D eigenvalue weighted by Crippen LogP contribution is 2.32. The molecule has 4 N–H and O–H groups in total. The molecule has 1 fully saturated rings. The number of nitrogens with one attached hydrogen (secondary N) is 1. The predicted octanol–water partition coefficient (Wildman–Crippen LogP) is 0.939. The molecule has 1 saturated heterocycles. The Balaban J connectivity index is 1.87. The molecule has 31 heavy (non-hydrogen) atoms. The summed E-state index contributed by atoms with van der Waals surface area (Å²) in [5.74, 6) is 0. The average molecular weight is 435 g/mol. The summed E-state index contributed by atoms with van der Waals surface area (Å²) in [7, 11) is 0. The molecule has 0 saturated carbocycles. The molecule has 0 radical (unpaired) electrons. The van der Waals surface area contributed by atoms with Crippen LogP contribution in [0.3, 0.4) is 0 Å². The number of anilines is 1. The van der Waals surface area contributed by atoms with Gasteiger partial charge in [-0.2, -0.15) is 0 Å². The van der Waals surface area contributed by atoms with Gasteiger partial charge in [-0.25, -0.2) is 0 Å². The van der Waals surface area contributed by atoms with E-state index in [9.17, 15) is 35.5 Å². The van der Waals surface area contributed by atoms with E-state index in [1.54, 1.807) is 24.3 Å². The van der Waals surface area contributed by atoms with Gasteiger partial charge in [0.15, 0.2) is 6.29 Å². The number of hydrogen-bond acceptors (Lipinski definition) is 10. The van der Waals surface area contributed by atoms with Crippen molar-refractivity contribution < 1.29 is 34.6 Å². The summed E-state index contributed by atoms with van der Waals surface area (Å²) < 4.78 is 11.3. The molecular formula is C19H21N3O9. The van der Waals surface area contributed by atoms with Gasteiger partial charge in [-0.05, 0) is 11.6 Å². The Bertz CT molecular complexity index is 927. The monoisotopic (exact) mass is 435 g/mol. The van der Waals surface area contributed by atoms with Crippen LogP contribution in [0.25, 0.3) is 0 Å². The predicted molar refractivity (Wildman–Crippen MR) is 106 cm³/mol. The van der Waals surface area contributed by atoms with E-state index < -0.39 is 58.5 Å². The molecule has 0 unspecified atom stereocenters. The summed E-state index contributed by atoms with van der Waals surface area (Å²) in [5.41, 5.74) is -0.421. The van der Waals surface area contributed by atoms with Crippen LogP contribution in [0.15, 0.2) is 48.5 Å². The second-order valence-electron chi connectivity index (χ2n) is 6.89. The highest BCUT2D eigenvalue weighted by Gasteiger charge is 2.45. The van der Waals surface area contributed by atoms with Crippen LogP contribution in [0.5, 0.6) is 0 Å². The fourth-order valence-corrected chi connectivity index (χ4v) is 3.22. The molecule has 2 aromatic carbocycles. The Morgan fingerprint density at radius 3 is 2.35 bits per heavy atom. The summed E-state index contributed by atoms with van der Waals surface area (Å²) in [6, 6.07) is 10.8. The molecule has 2 aromatic rings.